The minimum atomic E-state index is -1.69. The summed E-state index contributed by atoms with van der Waals surface area (Å²) in [5, 5.41) is 0. The summed E-state index contributed by atoms with van der Waals surface area (Å²) in [5.41, 5.74) is 3.63. The number of ether oxygens (including phenoxy) is 1. The molecule has 2 rings (SSSR count). The molecule has 0 bridgehead atoms. The van der Waals surface area contributed by atoms with Gasteiger partial charge in [-0.05, 0) is 36.8 Å². The highest BCUT2D eigenvalue weighted by Crippen LogP contribution is 2.60. The molecule has 1 aliphatic heterocycles. The Hall–Kier alpha value is -0.686. The minimum absolute atomic E-state index is 0.224. The molecule has 4 atom stereocenters. The van der Waals surface area contributed by atoms with Gasteiger partial charge in [0.15, 0.2) is 0 Å². The Morgan fingerprint density at radius 1 is 0.704 bits per heavy atom. The van der Waals surface area contributed by atoms with Gasteiger partial charge in [0, 0.05) is 0 Å². The largest absolute Gasteiger partial charge is 0.393 e. The monoisotopic (exact) mass is 408 g/mol. The minimum Gasteiger partial charge on any atom is -0.393 e. The molecule has 0 aromatic rings. The average molecular weight is 409 g/mol. The maximum absolute atomic E-state index is 12.9. The first kappa shape index (κ1) is 22.6. The van der Waals surface area contributed by atoms with Crippen LogP contribution in [0.25, 0.3) is 0 Å². The van der Waals surface area contributed by atoms with Gasteiger partial charge in [-0.2, -0.15) is 0 Å². The molecule has 0 spiro atoms. The molecule has 0 amide bonds. The third-order valence-corrected chi connectivity index (χ3v) is 11.6. The summed E-state index contributed by atoms with van der Waals surface area (Å²) in [6.45, 7) is 18.7. The summed E-state index contributed by atoms with van der Waals surface area (Å²) >= 11 is 0. The predicted octanol–water partition coefficient (Wildman–Crippen LogP) is 6.41. The Morgan fingerprint density at radius 3 is 1.30 bits per heavy atom. The number of rotatable bonds is 8. The normalized spacial score (nSPS) is 29.2. The van der Waals surface area contributed by atoms with Crippen LogP contribution in [0.3, 0.4) is 0 Å². The highest BCUT2D eigenvalue weighted by molar-refractivity contribution is 6.80. The van der Waals surface area contributed by atoms with E-state index < -0.39 is 16.1 Å². The van der Waals surface area contributed by atoms with Gasteiger partial charge in [0.1, 0.15) is 0 Å². The number of fused-ring (bicyclic) bond motifs is 1. The van der Waals surface area contributed by atoms with E-state index >= 15 is 0 Å². The number of carbonyl (C=O) groups is 2. The molecule has 0 saturated carbocycles. The van der Waals surface area contributed by atoms with Crippen molar-refractivity contribution < 1.29 is 14.3 Å². The summed E-state index contributed by atoms with van der Waals surface area (Å²) in [4.78, 5) is 25.7. The second-order valence-electron chi connectivity index (χ2n) is 10.7. The Labute approximate surface area is 168 Å². The fourth-order valence-electron chi connectivity index (χ4n) is 5.54. The van der Waals surface area contributed by atoms with Gasteiger partial charge in [-0.25, -0.2) is 0 Å². The molecule has 0 unspecified atom stereocenters. The molecular formula is C22H40O3Si2. The van der Waals surface area contributed by atoms with Crippen LogP contribution >= 0.6 is 0 Å². The lowest BCUT2D eigenvalue weighted by Gasteiger charge is -2.48. The van der Waals surface area contributed by atoms with Crippen LogP contribution in [0.15, 0.2) is 11.1 Å². The van der Waals surface area contributed by atoms with Crippen molar-refractivity contribution in [3.8, 4) is 0 Å². The summed E-state index contributed by atoms with van der Waals surface area (Å²) in [6, 6.07) is 0. The fourth-order valence-corrected chi connectivity index (χ4v) is 11.1. The lowest BCUT2D eigenvalue weighted by molar-refractivity contribution is -0.153. The van der Waals surface area contributed by atoms with Crippen molar-refractivity contribution in [2.75, 3.05) is 0 Å². The molecule has 5 heteroatoms. The molecule has 27 heavy (non-hydrogen) atoms. The summed E-state index contributed by atoms with van der Waals surface area (Å²) < 4.78 is 5.30. The van der Waals surface area contributed by atoms with Crippen LogP contribution in [-0.2, 0) is 14.3 Å². The highest BCUT2D eigenvalue weighted by Gasteiger charge is 2.61. The number of allylic oxidation sites excluding steroid dienone is 2. The van der Waals surface area contributed by atoms with E-state index in [1.807, 2.05) is 0 Å². The van der Waals surface area contributed by atoms with E-state index in [9.17, 15) is 9.59 Å². The van der Waals surface area contributed by atoms with Gasteiger partial charge >= 0.3 is 11.9 Å². The van der Waals surface area contributed by atoms with Gasteiger partial charge in [0.2, 0.25) is 0 Å². The van der Waals surface area contributed by atoms with E-state index in [1.165, 1.54) is 12.8 Å². The molecule has 0 aromatic heterocycles. The van der Waals surface area contributed by atoms with Crippen molar-refractivity contribution in [1.29, 1.82) is 0 Å². The van der Waals surface area contributed by atoms with Crippen molar-refractivity contribution in [2.24, 2.45) is 11.8 Å². The van der Waals surface area contributed by atoms with E-state index in [2.05, 4.69) is 53.1 Å². The van der Waals surface area contributed by atoms with E-state index in [0.29, 0.717) is 0 Å². The number of unbranched alkanes of at least 4 members (excludes halogenated alkanes) is 2. The molecule has 0 aromatic carbocycles. The lowest BCUT2D eigenvalue weighted by atomic mass is 9.73. The van der Waals surface area contributed by atoms with Crippen LogP contribution in [0.5, 0.6) is 0 Å². The zero-order valence-corrected chi connectivity index (χ0v) is 20.8. The number of esters is 2. The zero-order valence-electron chi connectivity index (χ0n) is 18.8. The van der Waals surface area contributed by atoms with Crippen LogP contribution in [0.4, 0.5) is 0 Å². The molecule has 1 fully saturated rings. The zero-order chi connectivity index (χ0) is 20.6. The van der Waals surface area contributed by atoms with Crippen molar-refractivity contribution in [2.45, 2.75) is 103 Å². The first-order chi connectivity index (χ1) is 12.4. The molecule has 1 saturated heterocycles. The second kappa shape index (κ2) is 8.36. The van der Waals surface area contributed by atoms with E-state index in [4.69, 9.17) is 4.74 Å². The van der Waals surface area contributed by atoms with Crippen LogP contribution in [-0.4, -0.2) is 28.1 Å². The summed E-state index contributed by atoms with van der Waals surface area (Å²) in [6.07, 6.45) is 6.86. The maximum Gasteiger partial charge on any atom is 0.317 e. The third kappa shape index (κ3) is 4.50. The molecule has 3 nitrogen and oxygen atoms in total. The Balaban J connectivity index is 2.73. The fraction of sp³-hybridized carbons (Fsp3) is 0.818. The van der Waals surface area contributed by atoms with Crippen molar-refractivity contribution >= 4 is 28.1 Å². The van der Waals surface area contributed by atoms with Crippen LogP contribution in [0.2, 0.25) is 50.4 Å². The van der Waals surface area contributed by atoms with E-state index in [0.717, 1.165) is 25.7 Å². The van der Waals surface area contributed by atoms with Crippen molar-refractivity contribution in [1.82, 2.24) is 0 Å². The molecule has 2 aliphatic rings. The van der Waals surface area contributed by atoms with Crippen LogP contribution < -0.4 is 0 Å². The molecule has 0 N–H and O–H groups in total. The first-order valence-corrected chi connectivity index (χ1v) is 18.1. The molecular weight excluding hydrogens is 368 g/mol. The van der Waals surface area contributed by atoms with Gasteiger partial charge in [-0.1, -0.05) is 77.1 Å². The van der Waals surface area contributed by atoms with Gasteiger partial charge in [-0.15, -0.1) is 0 Å². The lowest BCUT2D eigenvalue weighted by Crippen LogP contribution is -2.48. The summed E-state index contributed by atoms with van der Waals surface area (Å²) in [5.74, 6) is -0.912. The number of cyclic esters (lactones) is 2. The maximum atomic E-state index is 12.9. The Kier molecular flexibility index (Phi) is 7.00. The molecule has 1 aliphatic carbocycles. The van der Waals surface area contributed by atoms with Gasteiger partial charge < -0.3 is 4.74 Å². The topological polar surface area (TPSA) is 43.4 Å². The molecule has 154 valence electrons. The number of hydrogen-bond acceptors (Lipinski definition) is 3. The standard InChI is InChI=1S/C22H40O3Si2/c1-9-11-13-15-16(14-12-10-2)20(27(6,7)8)18-17(19(15)26(3,4)5)21(23)25-22(18)24/h17-20H,9-14H2,1-8H3/t17-,18+,19+,20-. The van der Waals surface area contributed by atoms with Crippen molar-refractivity contribution in [3.63, 3.8) is 0 Å². The average Bonchev–Trinajstić information content (AvgIpc) is 2.81. The smallest absolute Gasteiger partial charge is 0.317 e. The molecule has 0 radical (unpaired) electrons. The number of hydrogen-bond donors (Lipinski definition) is 0. The second-order valence-corrected chi connectivity index (χ2v) is 21.4. The van der Waals surface area contributed by atoms with E-state index in [1.54, 1.807) is 11.1 Å². The SMILES string of the molecule is CCCCC1=C(CCCC)[C@H]([Si](C)(C)C)[C@@H]2C(=O)OC(=O)[C@@H]2[C@@H]1[Si](C)(C)C. The Bertz CT molecular complexity index is 558. The number of carbonyl (C=O) groups excluding carboxylic acids is 2. The quantitative estimate of drug-likeness (QED) is 0.202. The van der Waals surface area contributed by atoms with Gasteiger partial charge in [0.25, 0.3) is 0 Å². The van der Waals surface area contributed by atoms with Gasteiger partial charge in [0.05, 0.1) is 28.0 Å². The van der Waals surface area contributed by atoms with E-state index in [-0.39, 0.29) is 34.9 Å². The first-order valence-electron chi connectivity index (χ1n) is 10.9. The third-order valence-electron chi connectivity index (χ3n) is 6.48. The van der Waals surface area contributed by atoms with Gasteiger partial charge in [-0.3, -0.25) is 9.59 Å². The van der Waals surface area contributed by atoms with Crippen LogP contribution in [0.1, 0.15) is 52.4 Å². The highest BCUT2D eigenvalue weighted by atomic mass is 28.3. The molecule has 1 heterocycles. The summed E-state index contributed by atoms with van der Waals surface area (Å²) in [7, 11) is -3.38. The van der Waals surface area contributed by atoms with Crippen molar-refractivity contribution in [3.05, 3.63) is 11.1 Å². The Morgan fingerprint density at radius 2 is 1.04 bits per heavy atom. The van der Waals surface area contributed by atoms with Crippen LogP contribution in [0, 0.1) is 11.8 Å². The predicted molar refractivity (Wildman–Crippen MR) is 118 cm³/mol.